The molecule has 1 atom stereocenters. The third kappa shape index (κ3) is 4.88. The van der Waals surface area contributed by atoms with Crippen molar-refractivity contribution in [2.75, 3.05) is 18.1 Å². The molecule has 1 aliphatic rings. The summed E-state index contributed by atoms with van der Waals surface area (Å²) in [4.78, 5) is 11.4. The molecular formula is C13H26N2OS. The molecule has 1 saturated carbocycles. The molecule has 0 aromatic carbocycles. The Morgan fingerprint density at radius 1 is 1.47 bits per heavy atom. The number of likely N-dealkylation sites (N-methyl/N-ethyl adjacent to an activating group) is 1. The normalized spacial score (nSPS) is 20.4. The van der Waals surface area contributed by atoms with Crippen LogP contribution in [0.25, 0.3) is 0 Å². The fraction of sp³-hybridized carbons (Fsp3) is 0.923. The van der Waals surface area contributed by atoms with Crippen molar-refractivity contribution >= 4 is 17.7 Å². The fourth-order valence-corrected chi connectivity index (χ4v) is 3.78. The summed E-state index contributed by atoms with van der Waals surface area (Å²) in [6.45, 7) is 4.70. The summed E-state index contributed by atoms with van der Waals surface area (Å²) in [5.74, 6) is 2.95. The molecular weight excluding hydrogens is 232 g/mol. The molecule has 0 radical (unpaired) electrons. The summed E-state index contributed by atoms with van der Waals surface area (Å²) >= 11 is 1.97. The van der Waals surface area contributed by atoms with Crippen molar-refractivity contribution in [3.8, 4) is 0 Å². The van der Waals surface area contributed by atoms with E-state index in [-0.39, 0.29) is 5.91 Å². The van der Waals surface area contributed by atoms with Gasteiger partial charge in [0.25, 0.3) is 0 Å². The Hall–Kier alpha value is -0.220. The number of carbonyl (C=O) groups is 1. The highest BCUT2D eigenvalue weighted by atomic mass is 32.2. The molecule has 100 valence electrons. The maximum absolute atomic E-state index is 11.4. The van der Waals surface area contributed by atoms with Crippen LogP contribution >= 0.6 is 11.8 Å². The molecule has 1 aliphatic carbocycles. The maximum Gasteiger partial charge on any atom is 0.237 e. The van der Waals surface area contributed by atoms with E-state index in [2.05, 4.69) is 5.32 Å². The van der Waals surface area contributed by atoms with E-state index in [9.17, 15) is 4.79 Å². The minimum absolute atomic E-state index is 0.235. The smallest absolute Gasteiger partial charge is 0.237 e. The van der Waals surface area contributed by atoms with E-state index in [1.807, 2.05) is 25.6 Å². The molecule has 0 heterocycles. The highest BCUT2D eigenvalue weighted by Crippen LogP contribution is 2.28. The number of nitrogens with one attached hydrogen (secondary N) is 1. The summed E-state index contributed by atoms with van der Waals surface area (Å²) in [6.07, 6.45) is 6.43. The van der Waals surface area contributed by atoms with Gasteiger partial charge in [-0.1, -0.05) is 19.8 Å². The standard InChI is InChI=1S/C13H26N2OS/c1-3-15-13(2,12(14)16)8-9-17-10-11-6-4-5-7-11/h11,15H,3-10H2,1-2H3,(H2,14,16). The highest BCUT2D eigenvalue weighted by Gasteiger charge is 2.29. The Morgan fingerprint density at radius 2 is 2.12 bits per heavy atom. The van der Waals surface area contributed by atoms with Crippen molar-refractivity contribution < 1.29 is 4.79 Å². The molecule has 1 unspecified atom stereocenters. The average molecular weight is 258 g/mol. The molecule has 3 N–H and O–H groups in total. The van der Waals surface area contributed by atoms with Crippen LogP contribution < -0.4 is 11.1 Å². The zero-order valence-corrected chi connectivity index (χ0v) is 11.9. The van der Waals surface area contributed by atoms with Crippen LogP contribution in [-0.4, -0.2) is 29.5 Å². The molecule has 0 spiro atoms. The van der Waals surface area contributed by atoms with Crippen LogP contribution in [0.4, 0.5) is 0 Å². The van der Waals surface area contributed by atoms with Gasteiger partial charge in [0, 0.05) is 0 Å². The van der Waals surface area contributed by atoms with E-state index < -0.39 is 5.54 Å². The maximum atomic E-state index is 11.4. The van der Waals surface area contributed by atoms with Crippen LogP contribution in [0.15, 0.2) is 0 Å². The van der Waals surface area contributed by atoms with Crippen LogP contribution in [-0.2, 0) is 4.79 Å². The number of thioether (sulfide) groups is 1. The summed E-state index contributed by atoms with van der Waals surface area (Å²) in [6, 6.07) is 0. The van der Waals surface area contributed by atoms with Gasteiger partial charge in [0.2, 0.25) is 5.91 Å². The molecule has 0 aromatic rings. The van der Waals surface area contributed by atoms with E-state index in [1.165, 1.54) is 31.4 Å². The van der Waals surface area contributed by atoms with Crippen molar-refractivity contribution in [2.45, 2.75) is 51.5 Å². The van der Waals surface area contributed by atoms with Crippen molar-refractivity contribution in [3.05, 3.63) is 0 Å². The van der Waals surface area contributed by atoms with Gasteiger partial charge in [-0.15, -0.1) is 0 Å². The molecule has 0 aliphatic heterocycles. The number of hydrogen-bond donors (Lipinski definition) is 2. The van der Waals surface area contributed by atoms with Gasteiger partial charge in [-0.3, -0.25) is 4.79 Å². The molecule has 0 saturated heterocycles. The third-order valence-electron chi connectivity index (χ3n) is 3.69. The molecule has 0 bridgehead atoms. The number of amides is 1. The summed E-state index contributed by atoms with van der Waals surface area (Å²) in [7, 11) is 0. The Morgan fingerprint density at radius 3 is 2.65 bits per heavy atom. The van der Waals surface area contributed by atoms with Gasteiger partial charge in [0.05, 0.1) is 5.54 Å². The number of nitrogens with two attached hydrogens (primary N) is 1. The van der Waals surface area contributed by atoms with Crippen LogP contribution in [0.1, 0.15) is 46.0 Å². The van der Waals surface area contributed by atoms with Crippen molar-refractivity contribution in [1.29, 1.82) is 0 Å². The molecule has 3 nitrogen and oxygen atoms in total. The second kappa shape index (κ2) is 7.27. The first-order valence-electron chi connectivity index (χ1n) is 6.71. The van der Waals surface area contributed by atoms with Crippen LogP contribution in [0, 0.1) is 5.92 Å². The Kier molecular flexibility index (Phi) is 6.34. The molecule has 4 heteroatoms. The van der Waals surface area contributed by atoms with Crippen molar-refractivity contribution in [2.24, 2.45) is 11.7 Å². The van der Waals surface area contributed by atoms with Crippen molar-refractivity contribution in [1.82, 2.24) is 5.32 Å². The Labute approximate surface area is 109 Å². The van der Waals surface area contributed by atoms with Gasteiger partial charge in [-0.2, -0.15) is 11.8 Å². The lowest BCUT2D eigenvalue weighted by Crippen LogP contribution is -2.53. The zero-order valence-electron chi connectivity index (χ0n) is 11.1. The van der Waals surface area contributed by atoms with Crippen LogP contribution in [0.5, 0.6) is 0 Å². The second-order valence-corrected chi connectivity index (χ2v) is 6.35. The zero-order chi connectivity index (χ0) is 12.7. The van der Waals surface area contributed by atoms with E-state index in [1.54, 1.807) is 0 Å². The van der Waals surface area contributed by atoms with E-state index >= 15 is 0 Å². The van der Waals surface area contributed by atoms with E-state index in [0.717, 1.165) is 24.6 Å². The Bertz CT molecular complexity index is 242. The van der Waals surface area contributed by atoms with Gasteiger partial charge in [0.15, 0.2) is 0 Å². The first-order chi connectivity index (χ1) is 8.08. The highest BCUT2D eigenvalue weighted by molar-refractivity contribution is 7.99. The molecule has 1 rings (SSSR count). The van der Waals surface area contributed by atoms with Crippen LogP contribution in [0.2, 0.25) is 0 Å². The first kappa shape index (κ1) is 14.8. The molecule has 17 heavy (non-hydrogen) atoms. The largest absolute Gasteiger partial charge is 0.368 e. The average Bonchev–Trinajstić information content (AvgIpc) is 2.77. The lowest BCUT2D eigenvalue weighted by atomic mass is 9.98. The van der Waals surface area contributed by atoms with Gasteiger partial charge in [-0.05, 0) is 50.2 Å². The summed E-state index contributed by atoms with van der Waals surface area (Å²) < 4.78 is 0. The minimum Gasteiger partial charge on any atom is -0.368 e. The molecule has 1 amide bonds. The van der Waals surface area contributed by atoms with Gasteiger partial charge >= 0.3 is 0 Å². The van der Waals surface area contributed by atoms with E-state index in [4.69, 9.17) is 5.73 Å². The summed E-state index contributed by atoms with van der Waals surface area (Å²) in [5.41, 5.74) is 4.92. The quantitative estimate of drug-likeness (QED) is 0.656. The third-order valence-corrected chi connectivity index (χ3v) is 4.89. The predicted molar refractivity (Wildman–Crippen MR) is 75.2 cm³/mol. The van der Waals surface area contributed by atoms with Gasteiger partial charge in [0.1, 0.15) is 0 Å². The van der Waals surface area contributed by atoms with Gasteiger partial charge < -0.3 is 11.1 Å². The SMILES string of the molecule is CCNC(C)(CCSCC1CCCC1)C(N)=O. The second-order valence-electron chi connectivity index (χ2n) is 5.20. The Balaban J connectivity index is 2.20. The fourth-order valence-electron chi connectivity index (χ4n) is 2.39. The first-order valence-corrected chi connectivity index (χ1v) is 7.86. The predicted octanol–water partition coefficient (Wildman–Crippen LogP) is 2.15. The monoisotopic (exact) mass is 258 g/mol. The molecule has 1 fully saturated rings. The number of primary amides is 1. The minimum atomic E-state index is -0.530. The lowest BCUT2D eigenvalue weighted by molar-refractivity contribution is -0.123. The van der Waals surface area contributed by atoms with Crippen LogP contribution in [0.3, 0.4) is 0 Å². The van der Waals surface area contributed by atoms with Crippen molar-refractivity contribution in [3.63, 3.8) is 0 Å². The number of carbonyl (C=O) groups excluding carboxylic acids is 1. The van der Waals surface area contributed by atoms with E-state index in [0.29, 0.717) is 0 Å². The number of hydrogen-bond acceptors (Lipinski definition) is 3. The van der Waals surface area contributed by atoms with Gasteiger partial charge in [-0.25, -0.2) is 0 Å². The molecule has 0 aromatic heterocycles. The topological polar surface area (TPSA) is 55.1 Å². The lowest BCUT2D eigenvalue weighted by Gasteiger charge is -2.26. The number of rotatable bonds is 8. The summed E-state index contributed by atoms with van der Waals surface area (Å²) in [5, 5.41) is 3.20.